The summed E-state index contributed by atoms with van der Waals surface area (Å²) in [5.41, 5.74) is 2.54. The van der Waals surface area contributed by atoms with Crippen molar-refractivity contribution in [3.63, 3.8) is 0 Å². The Morgan fingerprint density at radius 1 is 1.05 bits per heavy atom. The average molecular weight is 294 g/mol. The zero-order valence-electron chi connectivity index (χ0n) is 11.8. The zero-order chi connectivity index (χ0) is 15.5. The number of amides is 2. The van der Waals surface area contributed by atoms with Gasteiger partial charge in [0.1, 0.15) is 0 Å². The van der Waals surface area contributed by atoms with Gasteiger partial charge in [-0.1, -0.05) is 30.3 Å². The largest absolute Gasteiger partial charge is 0.345 e. The number of fused-ring (bicyclic) bond motifs is 1. The highest BCUT2D eigenvalue weighted by molar-refractivity contribution is 6.04. The lowest BCUT2D eigenvalue weighted by molar-refractivity contribution is -0.115. The van der Waals surface area contributed by atoms with Crippen LogP contribution in [0.5, 0.6) is 0 Å². The monoisotopic (exact) mass is 294 g/mol. The fraction of sp³-hybridized carbons (Fsp3) is 0.118. The van der Waals surface area contributed by atoms with E-state index in [0.29, 0.717) is 11.1 Å². The summed E-state index contributed by atoms with van der Waals surface area (Å²) in [6.07, 6.45) is 0.277. The molecule has 0 atom stereocenters. The van der Waals surface area contributed by atoms with Gasteiger partial charge in [0.05, 0.1) is 13.0 Å². The van der Waals surface area contributed by atoms with Crippen LogP contribution in [-0.4, -0.2) is 24.1 Å². The predicted octanol–water partition coefficient (Wildman–Crippen LogP) is 1.79. The molecule has 0 spiro atoms. The molecule has 2 aromatic carbocycles. The summed E-state index contributed by atoms with van der Waals surface area (Å²) in [5.74, 6) is -0.551. The summed E-state index contributed by atoms with van der Waals surface area (Å²) in [7, 11) is 0. The van der Waals surface area contributed by atoms with Gasteiger partial charge in [0.25, 0.3) is 5.91 Å². The first-order valence-electron chi connectivity index (χ1n) is 6.93. The Balaban J connectivity index is 1.65. The molecule has 5 nitrogen and oxygen atoms in total. The molecule has 22 heavy (non-hydrogen) atoms. The maximum atomic E-state index is 12.1. The van der Waals surface area contributed by atoms with Gasteiger partial charge >= 0.3 is 0 Å². The minimum Gasteiger partial charge on any atom is -0.345 e. The summed E-state index contributed by atoms with van der Waals surface area (Å²) in [5, 5.41) is 5.32. The molecule has 1 heterocycles. The van der Waals surface area contributed by atoms with Crippen molar-refractivity contribution in [1.82, 2.24) is 5.32 Å². The lowest BCUT2D eigenvalue weighted by Gasteiger charge is -2.06. The standard InChI is InChI=1S/C17H14N2O3/c20-15(11-4-2-1-3-5-11)10-18-17(22)12-6-7-14-13(8-12)9-16(21)19-14/h1-8H,9-10H2,(H,18,22)(H,19,21). The Morgan fingerprint density at radius 2 is 1.82 bits per heavy atom. The molecule has 110 valence electrons. The maximum absolute atomic E-state index is 12.1. The van der Waals surface area contributed by atoms with Gasteiger partial charge in [0, 0.05) is 16.8 Å². The first-order valence-corrected chi connectivity index (χ1v) is 6.93. The number of ketones is 1. The van der Waals surface area contributed by atoms with Crippen LogP contribution in [0.15, 0.2) is 48.5 Å². The molecule has 0 saturated carbocycles. The minimum atomic E-state index is -0.327. The van der Waals surface area contributed by atoms with Gasteiger partial charge in [0.2, 0.25) is 5.91 Å². The second-order valence-corrected chi connectivity index (χ2v) is 5.07. The summed E-state index contributed by atoms with van der Waals surface area (Å²) < 4.78 is 0. The minimum absolute atomic E-state index is 0.0584. The van der Waals surface area contributed by atoms with Gasteiger partial charge in [0.15, 0.2) is 5.78 Å². The number of rotatable bonds is 4. The van der Waals surface area contributed by atoms with Gasteiger partial charge in [-0.2, -0.15) is 0 Å². The highest BCUT2D eigenvalue weighted by Crippen LogP contribution is 2.23. The van der Waals surface area contributed by atoms with E-state index in [1.807, 2.05) is 6.07 Å². The van der Waals surface area contributed by atoms with Gasteiger partial charge < -0.3 is 10.6 Å². The van der Waals surface area contributed by atoms with Crippen LogP contribution in [0.2, 0.25) is 0 Å². The van der Waals surface area contributed by atoms with Crippen LogP contribution in [0.4, 0.5) is 5.69 Å². The van der Waals surface area contributed by atoms with E-state index in [0.717, 1.165) is 11.3 Å². The quantitative estimate of drug-likeness (QED) is 0.844. The smallest absolute Gasteiger partial charge is 0.251 e. The Morgan fingerprint density at radius 3 is 2.59 bits per heavy atom. The van der Waals surface area contributed by atoms with Crippen molar-refractivity contribution in [2.45, 2.75) is 6.42 Å². The third kappa shape index (κ3) is 2.88. The molecule has 0 unspecified atom stereocenters. The van der Waals surface area contributed by atoms with Crippen molar-refractivity contribution in [3.05, 3.63) is 65.2 Å². The van der Waals surface area contributed by atoms with Crippen molar-refractivity contribution in [2.24, 2.45) is 0 Å². The number of hydrogen-bond donors (Lipinski definition) is 2. The first-order chi connectivity index (χ1) is 10.6. The lowest BCUT2D eigenvalue weighted by Crippen LogP contribution is -2.29. The number of Topliss-reactive ketones (excluding diaryl/α,β-unsaturated/α-hetero) is 1. The fourth-order valence-electron chi connectivity index (χ4n) is 2.36. The van der Waals surface area contributed by atoms with Crippen LogP contribution in [0.1, 0.15) is 26.3 Å². The third-order valence-electron chi connectivity index (χ3n) is 3.50. The average Bonchev–Trinajstić information content (AvgIpc) is 2.92. The Kier molecular flexibility index (Phi) is 3.70. The fourth-order valence-corrected chi connectivity index (χ4v) is 2.36. The molecular weight excluding hydrogens is 280 g/mol. The molecule has 0 saturated heterocycles. The van der Waals surface area contributed by atoms with Crippen LogP contribution in [0, 0.1) is 0 Å². The number of benzene rings is 2. The van der Waals surface area contributed by atoms with Crippen LogP contribution < -0.4 is 10.6 Å². The zero-order valence-corrected chi connectivity index (χ0v) is 11.8. The van der Waals surface area contributed by atoms with E-state index in [4.69, 9.17) is 0 Å². The lowest BCUT2D eigenvalue weighted by atomic mass is 10.1. The maximum Gasteiger partial charge on any atom is 0.251 e. The van der Waals surface area contributed by atoms with Crippen molar-refractivity contribution in [1.29, 1.82) is 0 Å². The van der Waals surface area contributed by atoms with Crippen LogP contribution in [0.3, 0.4) is 0 Å². The van der Waals surface area contributed by atoms with Crippen molar-refractivity contribution < 1.29 is 14.4 Å². The molecule has 2 aromatic rings. The van der Waals surface area contributed by atoms with E-state index in [9.17, 15) is 14.4 Å². The highest BCUT2D eigenvalue weighted by Gasteiger charge is 2.19. The topological polar surface area (TPSA) is 75.3 Å². The molecule has 2 amide bonds. The molecule has 0 radical (unpaired) electrons. The normalized spacial score (nSPS) is 12.5. The molecule has 1 aliphatic heterocycles. The number of anilines is 1. The predicted molar refractivity (Wildman–Crippen MR) is 81.9 cm³/mol. The van der Waals surface area contributed by atoms with Crippen molar-refractivity contribution in [2.75, 3.05) is 11.9 Å². The van der Waals surface area contributed by atoms with Crippen LogP contribution in [0.25, 0.3) is 0 Å². The van der Waals surface area contributed by atoms with Gasteiger partial charge in [-0.05, 0) is 23.8 Å². The molecule has 3 rings (SSSR count). The van der Waals surface area contributed by atoms with Crippen LogP contribution in [-0.2, 0) is 11.2 Å². The molecule has 0 aromatic heterocycles. The molecule has 5 heteroatoms. The number of hydrogen-bond acceptors (Lipinski definition) is 3. The number of nitrogens with one attached hydrogen (secondary N) is 2. The molecule has 2 N–H and O–H groups in total. The summed E-state index contributed by atoms with van der Waals surface area (Å²) >= 11 is 0. The summed E-state index contributed by atoms with van der Waals surface area (Å²) in [6, 6.07) is 13.8. The molecular formula is C17H14N2O3. The summed E-state index contributed by atoms with van der Waals surface area (Å²) in [4.78, 5) is 35.3. The van der Waals surface area contributed by atoms with Gasteiger partial charge in [-0.25, -0.2) is 0 Å². The number of carbonyl (C=O) groups is 3. The molecule has 0 fully saturated rings. The molecule has 1 aliphatic rings. The summed E-state index contributed by atoms with van der Waals surface area (Å²) in [6.45, 7) is -0.0584. The van der Waals surface area contributed by atoms with Gasteiger partial charge in [-0.3, -0.25) is 14.4 Å². The van der Waals surface area contributed by atoms with E-state index in [2.05, 4.69) is 10.6 Å². The van der Waals surface area contributed by atoms with Crippen molar-refractivity contribution in [3.8, 4) is 0 Å². The SMILES string of the molecule is O=C1Cc2cc(C(=O)NCC(=O)c3ccccc3)ccc2N1. The van der Waals surface area contributed by atoms with E-state index in [1.165, 1.54) is 0 Å². The number of carbonyl (C=O) groups excluding carboxylic acids is 3. The van der Waals surface area contributed by atoms with Gasteiger partial charge in [-0.15, -0.1) is 0 Å². The van der Waals surface area contributed by atoms with E-state index >= 15 is 0 Å². The molecule has 0 bridgehead atoms. The second kappa shape index (κ2) is 5.81. The van der Waals surface area contributed by atoms with Crippen molar-refractivity contribution >= 4 is 23.3 Å². The Bertz CT molecular complexity index is 754. The Hall–Kier alpha value is -2.95. The molecule has 0 aliphatic carbocycles. The second-order valence-electron chi connectivity index (χ2n) is 5.07. The Labute approximate surface area is 127 Å². The highest BCUT2D eigenvalue weighted by atomic mass is 16.2. The van der Waals surface area contributed by atoms with E-state index in [1.54, 1.807) is 42.5 Å². The first kappa shape index (κ1) is 14.0. The van der Waals surface area contributed by atoms with E-state index < -0.39 is 0 Å². The van der Waals surface area contributed by atoms with Crippen LogP contribution >= 0.6 is 0 Å². The third-order valence-corrected chi connectivity index (χ3v) is 3.50. The van der Waals surface area contributed by atoms with E-state index in [-0.39, 0.29) is 30.6 Å².